The number of fused-ring (bicyclic) bond motifs is 1. The number of hydrogen-bond donors (Lipinski definition) is 1. The number of carboxylic acids is 1. The average molecular weight is 223 g/mol. The van der Waals surface area contributed by atoms with Crippen LogP contribution in [0.2, 0.25) is 0 Å². The Labute approximate surface area is 90.5 Å². The Kier molecular flexibility index (Phi) is 2.80. The Hall–Kier alpha value is -1.98. The zero-order valence-electron chi connectivity index (χ0n) is 8.43. The predicted octanol–water partition coefficient (Wildman–Crippen LogP) is 1.44. The molecule has 0 fully saturated rings. The zero-order valence-corrected chi connectivity index (χ0v) is 8.43. The maximum Gasteiger partial charge on any atom is 0.303 e. The lowest BCUT2D eigenvalue weighted by molar-refractivity contribution is -0.137. The first kappa shape index (κ1) is 10.5. The van der Waals surface area contributed by atoms with Crippen molar-refractivity contribution in [1.82, 2.24) is 15.0 Å². The van der Waals surface area contributed by atoms with E-state index in [4.69, 9.17) is 5.11 Å². The number of hydrogen-bond acceptors (Lipinski definition) is 3. The van der Waals surface area contributed by atoms with Gasteiger partial charge in [0.15, 0.2) is 0 Å². The van der Waals surface area contributed by atoms with E-state index in [0.29, 0.717) is 24.0 Å². The van der Waals surface area contributed by atoms with Crippen LogP contribution in [0.3, 0.4) is 0 Å². The van der Waals surface area contributed by atoms with Crippen LogP contribution in [0.4, 0.5) is 4.39 Å². The lowest BCUT2D eigenvalue weighted by Crippen LogP contribution is -2.04. The molecule has 0 spiro atoms. The van der Waals surface area contributed by atoms with Crippen LogP contribution in [0.15, 0.2) is 18.2 Å². The van der Waals surface area contributed by atoms with E-state index in [1.54, 1.807) is 6.07 Å². The fourth-order valence-corrected chi connectivity index (χ4v) is 1.40. The number of nitrogens with zero attached hydrogens (tertiary/aromatic N) is 3. The number of carboxylic acid groups (broad SMARTS) is 1. The maximum atomic E-state index is 12.8. The lowest BCUT2D eigenvalue weighted by atomic mass is 10.3. The van der Waals surface area contributed by atoms with Crippen LogP contribution in [-0.4, -0.2) is 26.1 Å². The molecule has 0 aliphatic carbocycles. The first-order valence-corrected chi connectivity index (χ1v) is 4.87. The molecule has 0 saturated carbocycles. The third-order valence-corrected chi connectivity index (χ3v) is 2.13. The van der Waals surface area contributed by atoms with Gasteiger partial charge in [-0.2, -0.15) is 15.0 Å². The van der Waals surface area contributed by atoms with Crippen LogP contribution in [-0.2, 0) is 11.3 Å². The molecule has 0 aliphatic heterocycles. The summed E-state index contributed by atoms with van der Waals surface area (Å²) in [5.41, 5.74) is 1.09. The summed E-state index contributed by atoms with van der Waals surface area (Å²) in [5, 5.41) is 16.6. The molecular weight excluding hydrogens is 213 g/mol. The van der Waals surface area contributed by atoms with Crippen LogP contribution in [0.5, 0.6) is 0 Å². The highest BCUT2D eigenvalue weighted by Gasteiger charge is 2.04. The van der Waals surface area contributed by atoms with Gasteiger partial charge in [-0.15, -0.1) is 0 Å². The summed E-state index contributed by atoms with van der Waals surface area (Å²) in [5.74, 6) is -1.20. The average Bonchev–Trinajstić information content (AvgIpc) is 2.58. The molecule has 0 aliphatic rings. The minimum atomic E-state index is -0.845. The summed E-state index contributed by atoms with van der Waals surface area (Å²) in [6.45, 7) is 0.419. The van der Waals surface area contributed by atoms with Crippen molar-refractivity contribution < 1.29 is 14.3 Å². The fourth-order valence-electron chi connectivity index (χ4n) is 1.40. The molecule has 0 amide bonds. The van der Waals surface area contributed by atoms with Gasteiger partial charge >= 0.3 is 5.97 Å². The summed E-state index contributed by atoms with van der Waals surface area (Å²) in [7, 11) is 0. The summed E-state index contributed by atoms with van der Waals surface area (Å²) in [6, 6.07) is 4.17. The Morgan fingerprint density at radius 2 is 2.12 bits per heavy atom. The van der Waals surface area contributed by atoms with Crippen molar-refractivity contribution in [1.29, 1.82) is 0 Å². The smallest absolute Gasteiger partial charge is 0.303 e. The van der Waals surface area contributed by atoms with Gasteiger partial charge in [-0.05, 0) is 18.6 Å². The summed E-state index contributed by atoms with van der Waals surface area (Å²) in [4.78, 5) is 11.7. The number of aliphatic carboxylic acids is 1. The largest absolute Gasteiger partial charge is 0.481 e. The van der Waals surface area contributed by atoms with Crippen LogP contribution in [0, 0.1) is 5.82 Å². The number of halogens is 1. The van der Waals surface area contributed by atoms with Crippen molar-refractivity contribution in [3.63, 3.8) is 0 Å². The monoisotopic (exact) mass is 223 g/mol. The van der Waals surface area contributed by atoms with Gasteiger partial charge < -0.3 is 5.11 Å². The van der Waals surface area contributed by atoms with Crippen molar-refractivity contribution in [2.75, 3.05) is 0 Å². The molecule has 0 atom stereocenters. The van der Waals surface area contributed by atoms with E-state index in [1.807, 2.05) is 0 Å². The van der Waals surface area contributed by atoms with E-state index < -0.39 is 5.97 Å². The molecule has 0 saturated heterocycles. The normalized spacial score (nSPS) is 10.8. The van der Waals surface area contributed by atoms with E-state index in [2.05, 4.69) is 10.2 Å². The van der Waals surface area contributed by atoms with Crippen molar-refractivity contribution in [2.45, 2.75) is 19.4 Å². The van der Waals surface area contributed by atoms with E-state index in [0.717, 1.165) is 0 Å². The second-order valence-corrected chi connectivity index (χ2v) is 3.43. The third-order valence-electron chi connectivity index (χ3n) is 2.13. The first-order chi connectivity index (χ1) is 7.65. The van der Waals surface area contributed by atoms with Crippen molar-refractivity contribution in [2.24, 2.45) is 0 Å². The van der Waals surface area contributed by atoms with E-state index in [9.17, 15) is 9.18 Å². The van der Waals surface area contributed by atoms with Gasteiger partial charge in [-0.3, -0.25) is 4.79 Å². The predicted molar refractivity (Wildman–Crippen MR) is 54.4 cm³/mol. The van der Waals surface area contributed by atoms with Crippen molar-refractivity contribution in [3.05, 3.63) is 24.0 Å². The summed E-state index contributed by atoms with van der Waals surface area (Å²) in [6.07, 6.45) is 0.533. The van der Waals surface area contributed by atoms with Gasteiger partial charge in [0.1, 0.15) is 16.9 Å². The summed E-state index contributed by atoms with van der Waals surface area (Å²) < 4.78 is 12.8. The Morgan fingerprint density at radius 3 is 2.88 bits per heavy atom. The fraction of sp³-hybridized carbons (Fsp3) is 0.300. The molecule has 5 nitrogen and oxygen atoms in total. The second-order valence-electron chi connectivity index (χ2n) is 3.43. The molecule has 84 valence electrons. The van der Waals surface area contributed by atoms with Gasteiger partial charge in [0, 0.05) is 12.5 Å². The minimum Gasteiger partial charge on any atom is -0.481 e. The SMILES string of the molecule is O=C(O)CCCn1nc2ccc(F)cc2n1. The van der Waals surface area contributed by atoms with Gasteiger partial charge in [-0.25, -0.2) is 4.39 Å². The third kappa shape index (κ3) is 2.33. The Bertz CT molecular complexity index is 524. The molecule has 1 aromatic carbocycles. The lowest BCUT2D eigenvalue weighted by Gasteiger charge is -1.95. The molecule has 2 aromatic rings. The number of benzene rings is 1. The molecule has 16 heavy (non-hydrogen) atoms. The number of rotatable bonds is 4. The van der Waals surface area contributed by atoms with Crippen molar-refractivity contribution >= 4 is 17.0 Å². The number of aromatic nitrogens is 3. The van der Waals surface area contributed by atoms with Gasteiger partial charge in [0.2, 0.25) is 0 Å². The van der Waals surface area contributed by atoms with Gasteiger partial charge in [0.25, 0.3) is 0 Å². The van der Waals surface area contributed by atoms with E-state index in [-0.39, 0.29) is 12.2 Å². The van der Waals surface area contributed by atoms with E-state index in [1.165, 1.54) is 16.9 Å². The Balaban J connectivity index is 2.10. The summed E-state index contributed by atoms with van der Waals surface area (Å²) >= 11 is 0. The molecule has 1 heterocycles. The molecular formula is C10H10FN3O2. The minimum absolute atomic E-state index is 0.0756. The zero-order chi connectivity index (χ0) is 11.5. The van der Waals surface area contributed by atoms with E-state index >= 15 is 0 Å². The first-order valence-electron chi connectivity index (χ1n) is 4.87. The number of aryl methyl sites for hydroxylation is 1. The molecule has 1 N–H and O–H groups in total. The molecule has 2 rings (SSSR count). The molecule has 0 unspecified atom stereocenters. The standard InChI is InChI=1S/C10H10FN3O2/c11-7-3-4-8-9(6-7)13-14(12-8)5-1-2-10(15)16/h3-4,6H,1-2,5H2,(H,15,16). The highest BCUT2D eigenvalue weighted by molar-refractivity contribution is 5.73. The maximum absolute atomic E-state index is 12.8. The molecule has 0 radical (unpaired) electrons. The van der Waals surface area contributed by atoms with Crippen LogP contribution < -0.4 is 0 Å². The molecule has 0 bridgehead atoms. The molecule has 6 heteroatoms. The second kappa shape index (κ2) is 4.26. The van der Waals surface area contributed by atoms with Gasteiger partial charge in [-0.1, -0.05) is 0 Å². The molecule has 1 aromatic heterocycles. The van der Waals surface area contributed by atoms with Gasteiger partial charge in [0.05, 0.1) is 6.54 Å². The van der Waals surface area contributed by atoms with Crippen LogP contribution in [0.25, 0.3) is 11.0 Å². The van der Waals surface area contributed by atoms with Crippen LogP contribution in [0.1, 0.15) is 12.8 Å². The highest BCUT2D eigenvalue weighted by Crippen LogP contribution is 2.10. The topological polar surface area (TPSA) is 68.0 Å². The highest BCUT2D eigenvalue weighted by atomic mass is 19.1. The quantitative estimate of drug-likeness (QED) is 0.851. The Morgan fingerprint density at radius 1 is 1.38 bits per heavy atom. The number of carbonyl (C=O) groups is 1. The van der Waals surface area contributed by atoms with Crippen molar-refractivity contribution in [3.8, 4) is 0 Å². The van der Waals surface area contributed by atoms with Crippen LogP contribution >= 0.6 is 0 Å².